The maximum absolute atomic E-state index is 13.3. The van der Waals surface area contributed by atoms with Crippen LogP contribution in [0.3, 0.4) is 0 Å². The number of Topliss-reactive ketones (excluding diaryl/α,β-unsaturated/α-hetero) is 1. The van der Waals surface area contributed by atoms with Crippen molar-refractivity contribution in [3.63, 3.8) is 0 Å². The monoisotopic (exact) mass is 435 g/mol. The van der Waals surface area contributed by atoms with Crippen molar-refractivity contribution < 1.29 is 28.6 Å². The fourth-order valence-corrected chi connectivity index (χ4v) is 4.59. The van der Waals surface area contributed by atoms with E-state index < -0.39 is 5.97 Å². The zero-order valence-electron chi connectivity index (χ0n) is 18.3. The number of nitrogens with one attached hydrogen (secondary N) is 1. The maximum atomic E-state index is 13.3. The number of allylic oxidation sites excluding steroid dienone is 2. The van der Waals surface area contributed by atoms with Crippen LogP contribution in [0.2, 0.25) is 0 Å². The first-order valence-corrected chi connectivity index (χ1v) is 10.4. The van der Waals surface area contributed by atoms with Crippen LogP contribution < -0.4 is 14.8 Å². The fourth-order valence-electron chi connectivity index (χ4n) is 4.59. The zero-order chi connectivity index (χ0) is 22.8. The Kier molecular flexibility index (Phi) is 5.99. The van der Waals surface area contributed by atoms with Gasteiger partial charge in [-0.25, -0.2) is 4.79 Å². The number of methoxy groups -OCH3 is 3. The summed E-state index contributed by atoms with van der Waals surface area (Å²) in [7, 11) is 4.51. The number of esters is 1. The third-order valence-corrected chi connectivity index (χ3v) is 6.15. The van der Waals surface area contributed by atoms with E-state index in [0.29, 0.717) is 41.2 Å². The topological polar surface area (TPSA) is 90.9 Å². The summed E-state index contributed by atoms with van der Waals surface area (Å²) in [6.45, 7) is 0. The highest BCUT2D eigenvalue weighted by Crippen LogP contribution is 2.45. The molecule has 1 aliphatic carbocycles. The van der Waals surface area contributed by atoms with Gasteiger partial charge in [-0.15, -0.1) is 0 Å². The molecule has 0 saturated carbocycles. The van der Waals surface area contributed by atoms with Crippen LogP contribution in [0, 0.1) is 0 Å². The number of carbonyl (C=O) groups excluding carboxylic acids is 3. The molecule has 2 aromatic carbocycles. The highest BCUT2D eigenvalue weighted by atomic mass is 16.5. The predicted molar refractivity (Wildman–Crippen MR) is 117 cm³/mol. The van der Waals surface area contributed by atoms with Gasteiger partial charge < -0.3 is 19.5 Å². The average molecular weight is 435 g/mol. The van der Waals surface area contributed by atoms with Crippen molar-refractivity contribution in [2.75, 3.05) is 21.3 Å². The third-order valence-electron chi connectivity index (χ3n) is 6.15. The quantitative estimate of drug-likeness (QED) is 0.723. The summed E-state index contributed by atoms with van der Waals surface area (Å²) in [6, 6.07) is 12.4. The highest BCUT2D eigenvalue weighted by molar-refractivity contribution is 6.02. The van der Waals surface area contributed by atoms with Crippen LogP contribution in [0.15, 0.2) is 53.7 Å². The predicted octanol–water partition coefficient (Wildman–Crippen LogP) is 3.49. The molecule has 1 heterocycles. The number of rotatable bonds is 5. The lowest BCUT2D eigenvalue weighted by Crippen LogP contribution is -2.38. The summed E-state index contributed by atoms with van der Waals surface area (Å²) < 4.78 is 15.6. The maximum Gasteiger partial charge on any atom is 0.337 e. The molecule has 0 fully saturated rings. The molecule has 32 heavy (non-hydrogen) atoms. The van der Waals surface area contributed by atoms with Gasteiger partial charge in [0.1, 0.15) is 11.5 Å². The Morgan fingerprint density at radius 2 is 1.69 bits per heavy atom. The largest absolute Gasteiger partial charge is 0.497 e. The summed E-state index contributed by atoms with van der Waals surface area (Å²) in [5.41, 5.74) is 3.44. The molecule has 4 rings (SSSR count). The van der Waals surface area contributed by atoms with Crippen LogP contribution in [0.25, 0.3) is 0 Å². The Morgan fingerprint density at radius 3 is 2.34 bits per heavy atom. The average Bonchev–Trinajstić information content (AvgIpc) is 2.82. The fraction of sp³-hybridized carbons (Fsp3) is 0.320. The number of hydrogen-bond donors (Lipinski definition) is 1. The Balaban J connectivity index is 1.69. The number of hydrogen-bond acceptors (Lipinski definition) is 6. The van der Waals surface area contributed by atoms with Gasteiger partial charge in [0.2, 0.25) is 5.91 Å². The first-order valence-electron chi connectivity index (χ1n) is 10.4. The second kappa shape index (κ2) is 8.86. The zero-order valence-corrected chi connectivity index (χ0v) is 18.3. The first-order chi connectivity index (χ1) is 15.4. The molecular formula is C25H25NO6. The lowest BCUT2D eigenvalue weighted by molar-refractivity contribution is -0.122. The van der Waals surface area contributed by atoms with Gasteiger partial charge in [0.05, 0.1) is 26.9 Å². The van der Waals surface area contributed by atoms with Crippen molar-refractivity contribution in [2.45, 2.75) is 31.1 Å². The molecule has 1 N–H and O–H groups in total. The smallest absolute Gasteiger partial charge is 0.337 e. The van der Waals surface area contributed by atoms with Crippen LogP contribution in [-0.2, 0) is 14.3 Å². The minimum Gasteiger partial charge on any atom is -0.497 e. The minimum atomic E-state index is -0.429. The van der Waals surface area contributed by atoms with Crippen LogP contribution in [0.1, 0.15) is 52.6 Å². The van der Waals surface area contributed by atoms with E-state index in [1.807, 2.05) is 18.2 Å². The van der Waals surface area contributed by atoms with Crippen LogP contribution >= 0.6 is 0 Å². The normalized spacial score (nSPS) is 20.3. The van der Waals surface area contributed by atoms with Crippen LogP contribution in [0.5, 0.6) is 11.5 Å². The molecule has 2 aliphatic rings. The van der Waals surface area contributed by atoms with E-state index in [9.17, 15) is 14.4 Å². The molecule has 2 aromatic rings. The number of amides is 1. The molecule has 7 heteroatoms. The molecule has 0 radical (unpaired) electrons. The highest BCUT2D eigenvalue weighted by Gasteiger charge is 2.39. The minimum absolute atomic E-state index is 0.00293. The number of benzene rings is 2. The molecular weight excluding hydrogens is 410 g/mol. The van der Waals surface area contributed by atoms with Gasteiger partial charge in [-0.3, -0.25) is 9.59 Å². The van der Waals surface area contributed by atoms with Gasteiger partial charge >= 0.3 is 5.97 Å². The number of ether oxygens (including phenoxy) is 3. The van der Waals surface area contributed by atoms with E-state index in [2.05, 4.69) is 5.32 Å². The molecule has 0 saturated heterocycles. The summed E-state index contributed by atoms with van der Waals surface area (Å²) in [6.07, 6.45) is 1.03. The Labute approximate surface area is 186 Å². The van der Waals surface area contributed by atoms with E-state index >= 15 is 0 Å². The van der Waals surface area contributed by atoms with E-state index in [1.54, 1.807) is 38.5 Å². The van der Waals surface area contributed by atoms with Crippen molar-refractivity contribution in [1.29, 1.82) is 0 Å². The van der Waals surface area contributed by atoms with Crippen molar-refractivity contribution in [1.82, 2.24) is 5.32 Å². The van der Waals surface area contributed by atoms with Gasteiger partial charge in [0.25, 0.3) is 0 Å². The number of ketones is 1. The number of carbonyl (C=O) groups is 3. The second-order valence-electron chi connectivity index (χ2n) is 7.95. The lowest BCUT2D eigenvalue weighted by atomic mass is 9.73. The molecule has 0 bridgehead atoms. The van der Waals surface area contributed by atoms with E-state index in [-0.39, 0.29) is 29.9 Å². The van der Waals surface area contributed by atoms with Crippen molar-refractivity contribution in [3.8, 4) is 11.5 Å². The van der Waals surface area contributed by atoms with Crippen molar-refractivity contribution in [3.05, 3.63) is 70.4 Å². The SMILES string of the molecule is COC(=O)c1ccc([C@H]2CC(=O)NC3=C2C(=O)C[C@H](c2cc(OC)ccc2OC)C3)cc1. The Morgan fingerprint density at radius 1 is 0.938 bits per heavy atom. The lowest BCUT2D eigenvalue weighted by Gasteiger charge is -2.35. The van der Waals surface area contributed by atoms with E-state index in [4.69, 9.17) is 14.2 Å². The van der Waals surface area contributed by atoms with E-state index in [0.717, 1.165) is 11.1 Å². The Hall–Kier alpha value is -3.61. The van der Waals surface area contributed by atoms with E-state index in [1.165, 1.54) is 7.11 Å². The van der Waals surface area contributed by atoms with Gasteiger partial charge in [-0.2, -0.15) is 0 Å². The third kappa shape index (κ3) is 3.98. The standard InChI is InChI=1S/C25H25NO6/c1-30-17-8-9-22(31-2)18(12-17)16-10-20-24(21(27)11-16)19(13-23(28)26-20)14-4-6-15(7-5-14)25(29)32-3/h4-9,12,16,19H,10-11,13H2,1-3H3,(H,26,28)/t16-,19-/m1/s1. The molecule has 1 amide bonds. The van der Waals surface area contributed by atoms with Gasteiger partial charge in [0.15, 0.2) is 5.78 Å². The Bertz CT molecular complexity index is 1100. The summed E-state index contributed by atoms with van der Waals surface area (Å²) in [4.78, 5) is 37.6. The molecule has 0 unspecified atom stereocenters. The summed E-state index contributed by atoms with van der Waals surface area (Å²) >= 11 is 0. The molecule has 0 aromatic heterocycles. The molecule has 7 nitrogen and oxygen atoms in total. The van der Waals surface area contributed by atoms with Gasteiger partial charge in [0, 0.05) is 41.5 Å². The summed E-state index contributed by atoms with van der Waals surface area (Å²) in [5, 5.41) is 2.93. The first kappa shape index (κ1) is 21.6. The molecule has 2 atom stereocenters. The molecule has 0 spiro atoms. The van der Waals surface area contributed by atoms with Crippen LogP contribution in [0.4, 0.5) is 0 Å². The van der Waals surface area contributed by atoms with Crippen LogP contribution in [-0.4, -0.2) is 39.0 Å². The van der Waals surface area contributed by atoms with Gasteiger partial charge in [-0.05, 0) is 42.3 Å². The summed E-state index contributed by atoms with van der Waals surface area (Å²) in [5.74, 6) is 0.342. The second-order valence-corrected chi connectivity index (χ2v) is 7.95. The van der Waals surface area contributed by atoms with Crippen molar-refractivity contribution >= 4 is 17.7 Å². The van der Waals surface area contributed by atoms with Gasteiger partial charge in [-0.1, -0.05) is 12.1 Å². The molecule has 166 valence electrons. The molecule has 1 aliphatic heterocycles. The van der Waals surface area contributed by atoms with Crippen molar-refractivity contribution in [2.24, 2.45) is 0 Å².